The monoisotopic (exact) mass is 582 g/mol. The molecule has 0 bridgehead atoms. The molecule has 1 saturated carbocycles. The molecule has 3 amide bonds. The lowest BCUT2D eigenvalue weighted by atomic mass is 10.0. The highest BCUT2D eigenvalue weighted by molar-refractivity contribution is 7.92. The smallest absolute Gasteiger partial charge is 0.319 e. The van der Waals surface area contributed by atoms with Gasteiger partial charge in [-0.25, -0.2) is 13.2 Å². The maximum atomic E-state index is 13.3. The highest BCUT2D eigenvalue weighted by Crippen LogP contribution is 2.20. The third-order valence-electron chi connectivity index (χ3n) is 6.90. The summed E-state index contributed by atoms with van der Waals surface area (Å²) in [7, 11) is -3.74. The van der Waals surface area contributed by atoms with Crippen LogP contribution in [0.15, 0.2) is 77.7 Å². The standard InChI is InChI=1S/C30H35ClN4O4S/c1-21-8-18-27(19-9-21)40(38,39)35-26-16-14-25(15-17-26)33-30(37)34-28(20-22-10-12-23(31)13-11-22)29(36)32-24-6-4-2-3-5-7-24/h8-19,24,28,35H,2-7,20H2,1H3,(H,32,36)(H2,33,34,37)/t28-/m1/s1. The van der Waals surface area contributed by atoms with E-state index < -0.39 is 22.1 Å². The number of amides is 3. The van der Waals surface area contributed by atoms with Crippen LogP contribution in [0.5, 0.6) is 0 Å². The van der Waals surface area contributed by atoms with Crippen LogP contribution in [0.3, 0.4) is 0 Å². The van der Waals surface area contributed by atoms with Gasteiger partial charge in [0.25, 0.3) is 10.0 Å². The summed E-state index contributed by atoms with van der Waals surface area (Å²) in [5.41, 5.74) is 2.64. The fraction of sp³-hybridized carbons (Fsp3) is 0.333. The molecule has 4 N–H and O–H groups in total. The van der Waals surface area contributed by atoms with Crippen molar-refractivity contribution in [1.82, 2.24) is 10.6 Å². The number of rotatable bonds is 9. The van der Waals surface area contributed by atoms with E-state index in [9.17, 15) is 18.0 Å². The molecule has 0 aromatic heterocycles. The molecule has 0 spiro atoms. The van der Waals surface area contributed by atoms with Gasteiger partial charge in [0.1, 0.15) is 6.04 Å². The van der Waals surface area contributed by atoms with Gasteiger partial charge in [-0.3, -0.25) is 9.52 Å². The van der Waals surface area contributed by atoms with Gasteiger partial charge in [0.15, 0.2) is 0 Å². The largest absolute Gasteiger partial charge is 0.352 e. The predicted octanol–water partition coefficient (Wildman–Crippen LogP) is 6.02. The maximum absolute atomic E-state index is 13.3. The number of benzene rings is 3. The van der Waals surface area contributed by atoms with Gasteiger partial charge in [-0.1, -0.05) is 67.1 Å². The third kappa shape index (κ3) is 8.72. The van der Waals surface area contributed by atoms with Crippen LogP contribution in [0.1, 0.15) is 49.7 Å². The number of hydrogen-bond donors (Lipinski definition) is 4. The van der Waals surface area contributed by atoms with Crippen LogP contribution in [-0.2, 0) is 21.2 Å². The molecule has 10 heteroatoms. The quantitative estimate of drug-likeness (QED) is 0.231. The average Bonchev–Trinajstić information content (AvgIpc) is 3.19. The van der Waals surface area contributed by atoms with E-state index in [4.69, 9.17) is 11.6 Å². The highest BCUT2D eigenvalue weighted by Gasteiger charge is 2.24. The summed E-state index contributed by atoms with van der Waals surface area (Å²) in [6.45, 7) is 1.88. The van der Waals surface area contributed by atoms with Gasteiger partial charge in [-0.05, 0) is 73.9 Å². The Labute approximate surface area is 241 Å². The minimum atomic E-state index is -3.74. The molecule has 0 aliphatic heterocycles. The van der Waals surface area contributed by atoms with Gasteiger partial charge >= 0.3 is 6.03 Å². The Balaban J connectivity index is 1.39. The van der Waals surface area contributed by atoms with Crippen LogP contribution in [0.2, 0.25) is 5.02 Å². The van der Waals surface area contributed by atoms with Crippen molar-refractivity contribution in [3.05, 3.63) is 88.9 Å². The molecule has 1 aliphatic rings. The minimum Gasteiger partial charge on any atom is -0.352 e. The fourth-order valence-electron chi connectivity index (χ4n) is 4.67. The summed E-state index contributed by atoms with van der Waals surface area (Å²) in [6, 6.07) is 18.8. The topological polar surface area (TPSA) is 116 Å². The molecule has 1 atom stereocenters. The average molecular weight is 583 g/mol. The molecule has 0 saturated heterocycles. The molecular weight excluding hydrogens is 548 g/mol. The number of urea groups is 1. The number of sulfonamides is 1. The summed E-state index contributed by atoms with van der Waals surface area (Å²) < 4.78 is 27.8. The first-order valence-corrected chi connectivity index (χ1v) is 15.4. The van der Waals surface area contributed by atoms with Crippen LogP contribution in [0.25, 0.3) is 0 Å². The number of hydrogen-bond acceptors (Lipinski definition) is 4. The van der Waals surface area contributed by atoms with E-state index in [2.05, 4.69) is 20.7 Å². The zero-order valence-corrected chi connectivity index (χ0v) is 24.0. The van der Waals surface area contributed by atoms with E-state index in [0.717, 1.165) is 36.8 Å². The first-order chi connectivity index (χ1) is 19.2. The van der Waals surface area contributed by atoms with Crippen LogP contribution < -0.4 is 20.7 Å². The predicted molar refractivity (Wildman–Crippen MR) is 159 cm³/mol. The van der Waals surface area contributed by atoms with Crippen molar-refractivity contribution in [2.75, 3.05) is 10.0 Å². The zero-order chi connectivity index (χ0) is 28.5. The van der Waals surface area contributed by atoms with Crippen molar-refractivity contribution in [1.29, 1.82) is 0 Å². The molecule has 4 rings (SSSR count). The van der Waals surface area contributed by atoms with E-state index in [1.54, 1.807) is 60.7 Å². The summed E-state index contributed by atoms with van der Waals surface area (Å²) in [5, 5.41) is 9.27. The molecule has 0 heterocycles. The molecule has 0 unspecified atom stereocenters. The van der Waals surface area contributed by atoms with Crippen molar-refractivity contribution in [2.45, 2.75) is 68.8 Å². The lowest BCUT2D eigenvalue weighted by Crippen LogP contribution is -2.51. The van der Waals surface area contributed by atoms with Gasteiger partial charge in [-0.2, -0.15) is 0 Å². The lowest BCUT2D eigenvalue weighted by molar-refractivity contribution is -0.123. The Hall–Kier alpha value is -3.56. The second-order valence-electron chi connectivity index (χ2n) is 10.2. The van der Waals surface area contributed by atoms with E-state index in [0.29, 0.717) is 22.8 Å². The van der Waals surface area contributed by atoms with Crippen LogP contribution in [0, 0.1) is 6.92 Å². The van der Waals surface area contributed by atoms with Crippen molar-refractivity contribution < 1.29 is 18.0 Å². The molecule has 0 radical (unpaired) electrons. The molecule has 1 fully saturated rings. The molecule has 8 nitrogen and oxygen atoms in total. The highest BCUT2D eigenvalue weighted by atomic mass is 35.5. The van der Waals surface area contributed by atoms with Crippen LogP contribution in [-0.4, -0.2) is 32.4 Å². The van der Waals surface area contributed by atoms with Gasteiger partial charge in [0.2, 0.25) is 5.91 Å². The van der Waals surface area contributed by atoms with E-state index in [-0.39, 0.29) is 16.8 Å². The van der Waals surface area contributed by atoms with Crippen molar-refractivity contribution in [3.8, 4) is 0 Å². The van der Waals surface area contributed by atoms with Gasteiger partial charge in [0, 0.05) is 28.9 Å². The molecule has 1 aliphatic carbocycles. The van der Waals surface area contributed by atoms with Crippen molar-refractivity contribution in [3.63, 3.8) is 0 Å². The normalized spacial score (nSPS) is 14.9. The number of anilines is 2. The van der Waals surface area contributed by atoms with Gasteiger partial charge in [0.05, 0.1) is 4.90 Å². The number of halogens is 1. The van der Waals surface area contributed by atoms with Crippen LogP contribution in [0.4, 0.5) is 16.2 Å². The third-order valence-corrected chi connectivity index (χ3v) is 8.55. The first-order valence-electron chi connectivity index (χ1n) is 13.5. The first kappa shape index (κ1) is 29.4. The number of carbonyl (C=O) groups is 2. The SMILES string of the molecule is Cc1ccc(S(=O)(=O)Nc2ccc(NC(=O)N[C@H](Cc3ccc(Cl)cc3)C(=O)NC3CCCCCC3)cc2)cc1. The lowest BCUT2D eigenvalue weighted by Gasteiger charge is -2.23. The molecule has 212 valence electrons. The Kier molecular flexibility index (Phi) is 10.1. The molecule has 3 aromatic carbocycles. The molecule has 3 aromatic rings. The van der Waals surface area contributed by atoms with Crippen LogP contribution >= 0.6 is 11.6 Å². The van der Waals surface area contributed by atoms with E-state index in [1.807, 2.05) is 19.1 Å². The molecular formula is C30H35ClN4O4S. The summed E-state index contributed by atoms with van der Waals surface area (Å²) in [5.74, 6) is -0.224. The van der Waals surface area contributed by atoms with Gasteiger partial charge < -0.3 is 16.0 Å². The number of nitrogens with one attached hydrogen (secondary N) is 4. The Bertz CT molecular complexity index is 1390. The zero-order valence-electron chi connectivity index (χ0n) is 22.5. The van der Waals surface area contributed by atoms with Crippen molar-refractivity contribution in [2.24, 2.45) is 0 Å². The fourth-order valence-corrected chi connectivity index (χ4v) is 5.85. The number of carbonyl (C=O) groups excluding carboxylic acids is 2. The number of aryl methyl sites for hydroxylation is 1. The second-order valence-corrected chi connectivity index (χ2v) is 12.3. The van der Waals surface area contributed by atoms with E-state index in [1.165, 1.54) is 12.8 Å². The summed E-state index contributed by atoms with van der Waals surface area (Å²) >= 11 is 6.02. The molecule has 40 heavy (non-hydrogen) atoms. The Morgan fingerprint density at radius 2 is 1.45 bits per heavy atom. The summed E-state index contributed by atoms with van der Waals surface area (Å²) in [6.07, 6.45) is 6.69. The Morgan fingerprint density at radius 1 is 0.850 bits per heavy atom. The van der Waals surface area contributed by atoms with Gasteiger partial charge in [-0.15, -0.1) is 0 Å². The second kappa shape index (κ2) is 13.7. The van der Waals surface area contributed by atoms with Crippen molar-refractivity contribution >= 4 is 44.9 Å². The summed E-state index contributed by atoms with van der Waals surface area (Å²) in [4.78, 5) is 26.3. The maximum Gasteiger partial charge on any atom is 0.319 e. The Morgan fingerprint density at radius 3 is 2.08 bits per heavy atom. The van der Waals surface area contributed by atoms with E-state index >= 15 is 0 Å². The minimum absolute atomic E-state index is 0.101.